The number of rotatable bonds is 6. The minimum absolute atomic E-state index is 0.0355. The molecule has 0 fully saturated rings. The van der Waals surface area contributed by atoms with E-state index in [1.165, 1.54) is 24.3 Å². The van der Waals surface area contributed by atoms with E-state index in [9.17, 15) is 23.1 Å². The molecule has 0 spiro atoms. The van der Waals surface area contributed by atoms with Crippen LogP contribution in [0, 0.1) is 13.8 Å². The van der Waals surface area contributed by atoms with Crippen LogP contribution in [0.15, 0.2) is 92.3 Å². The molecule has 0 aliphatic carbocycles. The van der Waals surface area contributed by atoms with Gasteiger partial charge in [0.2, 0.25) is 5.88 Å². The standard InChI is InChI=1S/C25H22N4O5S/c1-16-7-11-19(12-8-16)29-24(31)21(23(30)27-25(29)32)15-26-18-9-13-20(14-10-18)35(33,34)28-22-6-4-3-5-17(22)2/h3-15,28,31H,1-2H3,(H,27,30,32). The maximum atomic E-state index is 12.7. The number of aromatic hydroxyl groups is 1. The van der Waals surface area contributed by atoms with Crippen LogP contribution in [0.25, 0.3) is 5.69 Å². The molecule has 178 valence electrons. The summed E-state index contributed by atoms with van der Waals surface area (Å²) in [6.45, 7) is 3.68. The van der Waals surface area contributed by atoms with Crippen LogP contribution in [-0.4, -0.2) is 29.3 Å². The van der Waals surface area contributed by atoms with Gasteiger partial charge >= 0.3 is 5.69 Å². The molecule has 0 saturated carbocycles. The fraction of sp³-hybridized carbons (Fsp3) is 0.0800. The van der Waals surface area contributed by atoms with Gasteiger partial charge in [0.15, 0.2) is 0 Å². The number of para-hydroxylation sites is 1. The summed E-state index contributed by atoms with van der Waals surface area (Å²) in [6, 6.07) is 19.5. The van der Waals surface area contributed by atoms with Gasteiger partial charge in [0.1, 0.15) is 5.56 Å². The minimum atomic E-state index is -3.81. The first-order valence-electron chi connectivity index (χ1n) is 10.5. The molecule has 0 saturated heterocycles. The van der Waals surface area contributed by atoms with Crippen molar-refractivity contribution in [3.05, 3.63) is 110 Å². The van der Waals surface area contributed by atoms with Crippen molar-refractivity contribution in [2.24, 2.45) is 4.99 Å². The van der Waals surface area contributed by atoms with Gasteiger partial charge in [-0.1, -0.05) is 35.9 Å². The lowest BCUT2D eigenvalue weighted by molar-refractivity contribution is 0.430. The first-order chi connectivity index (χ1) is 16.7. The molecule has 1 aromatic heterocycles. The summed E-state index contributed by atoms with van der Waals surface area (Å²) < 4.78 is 28.9. The topological polar surface area (TPSA) is 134 Å². The lowest BCUT2D eigenvalue weighted by Crippen LogP contribution is -2.31. The Morgan fingerprint density at radius 3 is 2.26 bits per heavy atom. The van der Waals surface area contributed by atoms with Crippen LogP contribution in [0.2, 0.25) is 0 Å². The molecule has 4 rings (SSSR count). The van der Waals surface area contributed by atoms with Crippen molar-refractivity contribution in [1.29, 1.82) is 0 Å². The van der Waals surface area contributed by atoms with Crippen molar-refractivity contribution in [3.8, 4) is 11.6 Å². The van der Waals surface area contributed by atoms with E-state index in [1.54, 1.807) is 49.4 Å². The summed E-state index contributed by atoms with van der Waals surface area (Å²) in [7, 11) is -3.81. The largest absolute Gasteiger partial charge is 0.493 e. The molecule has 0 bridgehead atoms. The van der Waals surface area contributed by atoms with Gasteiger partial charge < -0.3 is 5.11 Å². The molecule has 0 radical (unpaired) electrons. The quantitative estimate of drug-likeness (QED) is 0.356. The first kappa shape index (κ1) is 23.7. The van der Waals surface area contributed by atoms with Crippen LogP contribution in [0.1, 0.15) is 16.7 Å². The van der Waals surface area contributed by atoms with Crippen LogP contribution < -0.4 is 16.0 Å². The number of aryl methyl sites for hydroxylation is 2. The normalized spacial score (nSPS) is 11.6. The molecule has 1 heterocycles. The van der Waals surface area contributed by atoms with Crippen molar-refractivity contribution in [2.75, 3.05) is 4.72 Å². The van der Waals surface area contributed by atoms with Gasteiger partial charge in [0.05, 0.1) is 22.0 Å². The van der Waals surface area contributed by atoms with Crippen LogP contribution >= 0.6 is 0 Å². The second kappa shape index (κ2) is 9.43. The number of nitrogens with zero attached hydrogens (tertiary/aromatic N) is 2. The molecule has 35 heavy (non-hydrogen) atoms. The van der Waals surface area contributed by atoms with Crippen molar-refractivity contribution < 1.29 is 13.5 Å². The van der Waals surface area contributed by atoms with Gasteiger partial charge in [0, 0.05) is 6.21 Å². The van der Waals surface area contributed by atoms with Gasteiger partial charge in [-0.2, -0.15) is 0 Å². The molecule has 10 heteroatoms. The highest BCUT2D eigenvalue weighted by atomic mass is 32.2. The zero-order valence-electron chi connectivity index (χ0n) is 18.9. The number of hydrogen-bond donors (Lipinski definition) is 3. The molecule has 4 aromatic rings. The lowest BCUT2D eigenvalue weighted by atomic mass is 10.2. The Bertz CT molecular complexity index is 1640. The molecule has 0 amide bonds. The summed E-state index contributed by atoms with van der Waals surface area (Å²) in [5, 5.41) is 10.6. The number of benzene rings is 3. The second-order valence-electron chi connectivity index (χ2n) is 7.84. The highest BCUT2D eigenvalue weighted by Gasteiger charge is 2.16. The van der Waals surface area contributed by atoms with Gasteiger partial charge in [0.25, 0.3) is 15.6 Å². The third kappa shape index (κ3) is 5.07. The van der Waals surface area contributed by atoms with E-state index in [0.29, 0.717) is 17.1 Å². The average Bonchev–Trinajstić information content (AvgIpc) is 2.81. The van der Waals surface area contributed by atoms with E-state index in [1.807, 2.05) is 13.0 Å². The van der Waals surface area contributed by atoms with Crippen LogP contribution in [0.4, 0.5) is 11.4 Å². The Morgan fingerprint density at radius 2 is 1.60 bits per heavy atom. The molecule has 3 N–H and O–H groups in total. The first-order valence-corrected chi connectivity index (χ1v) is 12.0. The Balaban J connectivity index is 1.62. The summed E-state index contributed by atoms with van der Waals surface area (Å²) in [5.74, 6) is -0.562. The van der Waals surface area contributed by atoms with E-state index < -0.39 is 27.2 Å². The summed E-state index contributed by atoms with van der Waals surface area (Å²) in [6.07, 6.45) is 1.12. The van der Waals surface area contributed by atoms with E-state index in [-0.39, 0.29) is 10.5 Å². The molecule has 3 aromatic carbocycles. The van der Waals surface area contributed by atoms with Gasteiger partial charge in [-0.15, -0.1) is 0 Å². The Labute approximate surface area is 201 Å². The Hall–Kier alpha value is -4.44. The molecule has 0 atom stereocenters. The third-order valence-electron chi connectivity index (χ3n) is 5.29. The maximum Gasteiger partial charge on any atom is 0.335 e. The summed E-state index contributed by atoms with van der Waals surface area (Å²) in [5.41, 5.74) is 1.13. The van der Waals surface area contributed by atoms with Crippen LogP contribution in [-0.2, 0) is 10.0 Å². The van der Waals surface area contributed by atoms with Gasteiger partial charge in [-0.3, -0.25) is 19.5 Å². The fourth-order valence-corrected chi connectivity index (χ4v) is 4.46. The molecule has 9 nitrogen and oxygen atoms in total. The molecular formula is C25H22N4O5S. The van der Waals surface area contributed by atoms with E-state index in [0.717, 1.165) is 21.9 Å². The third-order valence-corrected chi connectivity index (χ3v) is 6.67. The highest BCUT2D eigenvalue weighted by Crippen LogP contribution is 2.22. The Kier molecular flexibility index (Phi) is 6.39. The van der Waals surface area contributed by atoms with E-state index >= 15 is 0 Å². The van der Waals surface area contributed by atoms with Crippen molar-refractivity contribution in [2.45, 2.75) is 18.7 Å². The Morgan fingerprint density at radius 1 is 0.943 bits per heavy atom. The van der Waals surface area contributed by atoms with Crippen LogP contribution in [0.5, 0.6) is 5.88 Å². The molecule has 0 aliphatic heterocycles. The monoisotopic (exact) mass is 490 g/mol. The molecule has 0 aliphatic rings. The number of aromatic nitrogens is 2. The second-order valence-corrected chi connectivity index (χ2v) is 9.52. The minimum Gasteiger partial charge on any atom is -0.493 e. The number of sulfonamides is 1. The van der Waals surface area contributed by atoms with Gasteiger partial charge in [-0.05, 0) is 61.9 Å². The highest BCUT2D eigenvalue weighted by molar-refractivity contribution is 7.92. The predicted octanol–water partition coefficient (Wildman–Crippen LogP) is 3.40. The summed E-state index contributed by atoms with van der Waals surface area (Å²) in [4.78, 5) is 31.0. The average molecular weight is 491 g/mol. The fourth-order valence-electron chi connectivity index (χ4n) is 3.33. The lowest BCUT2D eigenvalue weighted by Gasteiger charge is -2.10. The van der Waals surface area contributed by atoms with Crippen LogP contribution in [0.3, 0.4) is 0 Å². The number of H-pyrrole nitrogens is 1. The predicted molar refractivity (Wildman–Crippen MR) is 135 cm³/mol. The van der Waals surface area contributed by atoms with E-state index in [2.05, 4.69) is 14.7 Å². The van der Waals surface area contributed by atoms with Crippen molar-refractivity contribution in [1.82, 2.24) is 9.55 Å². The summed E-state index contributed by atoms with van der Waals surface area (Å²) >= 11 is 0. The smallest absolute Gasteiger partial charge is 0.335 e. The van der Waals surface area contributed by atoms with Crippen molar-refractivity contribution >= 4 is 27.6 Å². The number of anilines is 1. The SMILES string of the molecule is Cc1ccc(-n2c(O)c(C=Nc3ccc(S(=O)(=O)Nc4ccccc4C)cc3)c(=O)[nH]c2=O)cc1. The number of hydrogen-bond acceptors (Lipinski definition) is 6. The number of aromatic amines is 1. The van der Waals surface area contributed by atoms with Gasteiger partial charge in [-0.25, -0.2) is 17.8 Å². The zero-order chi connectivity index (χ0) is 25.2. The maximum absolute atomic E-state index is 12.7. The molecule has 0 unspecified atom stereocenters. The van der Waals surface area contributed by atoms with Crippen molar-refractivity contribution in [3.63, 3.8) is 0 Å². The number of nitrogens with one attached hydrogen (secondary N) is 2. The molecular weight excluding hydrogens is 468 g/mol. The van der Waals surface area contributed by atoms with E-state index in [4.69, 9.17) is 0 Å². The zero-order valence-corrected chi connectivity index (χ0v) is 19.7. The number of aliphatic imine (C=N–C) groups is 1.